The zero-order valence-electron chi connectivity index (χ0n) is 12.3. The molecule has 0 aliphatic carbocycles. The Morgan fingerprint density at radius 3 is 2.62 bits per heavy atom. The molecule has 1 N–H and O–H groups in total. The van der Waals surface area contributed by atoms with E-state index in [9.17, 15) is 13.6 Å². The number of nitrogens with zero attached hydrogens (tertiary/aromatic N) is 4. The second-order valence-corrected chi connectivity index (χ2v) is 5.32. The van der Waals surface area contributed by atoms with Gasteiger partial charge in [0.2, 0.25) is 0 Å². The fourth-order valence-electron chi connectivity index (χ4n) is 2.58. The summed E-state index contributed by atoms with van der Waals surface area (Å²) in [5.41, 5.74) is 1.66. The van der Waals surface area contributed by atoms with E-state index in [-0.39, 0.29) is 17.3 Å². The number of carbonyl (C=O) groups excluding carboxylic acids is 1. The van der Waals surface area contributed by atoms with Crippen LogP contribution < -0.4 is 5.32 Å². The third kappa shape index (κ3) is 2.51. The molecule has 24 heavy (non-hydrogen) atoms. The Bertz CT molecular complexity index is 933. The molecule has 0 radical (unpaired) electrons. The number of carbonyl (C=O) groups is 1. The van der Waals surface area contributed by atoms with Crippen molar-refractivity contribution in [2.75, 3.05) is 6.54 Å². The highest BCUT2D eigenvalue weighted by atomic mass is 19.1. The number of benzene rings is 1. The molecule has 8 heteroatoms. The SMILES string of the molecule is O=C1NCCn2nc(-c3ccnc(-c4cc(F)cc(F)c4)n3)cc21. The molecule has 1 aliphatic rings. The van der Waals surface area contributed by atoms with Crippen molar-refractivity contribution in [3.8, 4) is 22.8 Å². The molecule has 120 valence electrons. The standard InChI is InChI=1S/C16H11F2N5O/c17-10-5-9(6-11(18)7-10)15-19-2-1-12(21-15)13-8-14-16(24)20-3-4-23(14)22-13/h1-2,5-8H,3-4H2,(H,20,24). The fourth-order valence-corrected chi connectivity index (χ4v) is 2.58. The monoisotopic (exact) mass is 327 g/mol. The average molecular weight is 327 g/mol. The van der Waals surface area contributed by atoms with Crippen molar-refractivity contribution in [3.63, 3.8) is 0 Å². The Morgan fingerprint density at radius 1 is 1.08 bits per heavy atom. The molecule has 0 atom stereocenters. The molecule has 0 spiro atoms. The van der Waals surface area contributed by atoms with Crippen molar-refractivity contribution in [1.82, 2.24) is 25.1 Å². The maximum absolute atomic E-state index is 13.4. The first-order valence-electron chi connectivity index (χ1n) is 7.26. The molecule has 1 amide bonds. The van der Waals surface area contributed by atoms with Crippen LogP contribution in [-0.2, 0) is 6.54 Å². The van der Waals surface area contributed by atoms with Crippen molar-refractivity contribution in [1.29, 1.82) is 0 Å². The van der Waals surface area contributed by atoms with E-state index in [0.29, 0.717) is 30.2 Å². The molecule has 3 heterocycles. The van der Waals surface area contributed by atoms with Gasteiger partial charge in [-0.2, -0.15) is 5.10 Å². The number of fused-ring (bicyclic) bond motifs is 1. The van der Waals surface area contributed by atoms with Crippen LogP contribution >= 0.6 is 0 Å². The molecule has 3 aromatic rings. The zero-order chi connectivity index (χ0) is 16.7. The highest BCUT2D eigenvalue weighted by Gasteiger charge is 2.20. The van der Waals surface area contributed by atoms with Gasteiger partial charge in [0.25, 0.3) is 5.91 Å². The van der Waals surface area contributed by atoms with Crippen LogP contribution in [0.1, 0.15) is 10.5 Å². The van der Waals surface area contributed by atoms with Gasteiger partial charge in [0, 0.05) is 24.4 Å². The van der Waals surface area contributed by atoms with Crippen LogP contribution in [0, 0.1) is 11.6 Å². The van der Waals surface area contributed by atoms with Crippen molar-refractivity contribution in [2.45, 2.75) is 6.54 Å². The lowest BCUT2D eigenvalue weighted by Crippen LogP contribution is -2.35. The second-order valence-electron chi connectivity index (χ2n) is 5.32. The molecule has 4 rings (SSSR count). The summed E-state index contributed by atoms with van der Waals surface area (Å²) >= 11 is 0. The van der Waals surface area contributed by atoms with Crippen LogP contribution in [0.4, 0.5) is 8.78 Å². The van der Waals surface area contributed by atoms with Gasteiger partial charge < -0.3 is 5.32 Å². The number of rotatable bonds is 2. The highest BCUT2D eigenvalue weighted by molar-refractivity contribution is 5.94. The van der Waals surface area contributed by atoms with E-state index < -0.39 is 11.6 Å². The maximum atomic E-state index is 13.4. The van der Waals surface area contributed by atoms with E-state index in [0.717, 1.165) is 18.2 Å². The molecule has 1 aliphatic heterocycles. The summed E-state index contributed by atoms with van der Waals surface area (Å²) in [7, 11) is 0. The van der Waals surface area contributed by atoms with Crippen LogP contribution in [-0.4, -0.2) is 32.2 Å². The zero-order valence-corrected chi connectivity index (χ0v) is 12.3. The van der Waals surface area contributed by atoms with Crippen molar-refractivity contribution < 1.29 is 13.6 Å². The Balaban J connectivity index is 1.77. The van der Waals surface area contributed by atoms with Gasteiger partial charge in [-0.05, 0) is 24.3 Å². The van der Waals surface area contributed by atoms with Gasteiger partial charge in [-0.25, -0.2) is 18.7 Å². The van der Waals surface area contributed by atoms with E-state index in [1.807, 2.05) is 0 Å². The predicted octanol–water partition coefficient (Wildman–Crippen LogP) is 2.03. The number of aromatic nitrogens is 4. The third-order valence-electron chi connectivity index (χ3n) is 3.66. The topological polar surface area (TPSA) is 72.7 Å². The van der Waals surface area contributed by atoms with Crippen LogP contribution in [0.5, 0.6) is 0 Å². The molecule has 1 aromatic carbocycles. The molecule has 0 saturated heterocycles. The summed E-state index contributed by atoms with van der Waals surface area (Å²) in [5, 5.41) is 7.10. The number of hydrogen-bond donors (Lipinski definition) is 1. The first-order valence-corrected chi connectivity index (χ1v) is 7.26. The largest absolute Gasteiger partial charge is 0.349 e. The minimum Gasteiger partial charge on any atom is -0.349 e. The van der Waals surface area contributed by atoms with Crippen LogP contribution in [0.3, 0.4) is 0 Å². The minimum atomic E-state index is -0.701. The summed E-state index contributed by atoms with van der Waals surface area (Å²) in [6.45, 7) is 1.10. The van der Waals surface area contributed by atoms with Crippen LogP contribution in [0.25, 0.3) is 22.8 Å². The minimum absolute atomic E-state index is 0.182. The van der Waals surface area contributed by atoms with E-state index >= 15 is 0 Å². The van der Waals surface area contributed by atoms with E-state index in [1.165, 1.54) is 6.20 Å². The Morgan fingerprint density at radius 2 is 1.88 bits per heavy atom. The van der Waals surface area contributed by atoms with Crippen LogP contribution in [0.15, 0.2) is 36.5 Å². The summed E-state index contributed by atoms with van der Waals surface area (Å²) in [4.78, 5) is 20.2. The predicted molar refractivity (Wildman–Crippen MR) is 80.9 cm³/mol. The molecule has 0 fully saturated rings. The lowest BCUT2D eigenvalue weighted by atomic mass is 10.2. The fraction of sp³-hybridized carbons (Fsp3) is 0.125. The van der Waals surface area contributed by atoms with Gasteiger partial charge in [-0.1, -0.05) is 0 Å². The first-order chi connectivity index (χ1) is 11.6. The smallest absolute Gasteiger partial charge is 0.269 e. The highest BCUT2D eigenvalue weighted by Crippen LogP contribution is 2.22. The van der Waals surface area contributed by atoms with Gasteiger partial charge in [0.1, 0.15) is 23.0 Å². The summed E-state index contributed by atoms with van der Waals surface area (Å²) in [6, 6.07) is 6.37. The summed E-state index contributed by atoms with van der Waals surface area (Å²) < 4.78 is 28.4. The number of nitrogens with one attached hydrogen (secondary N) is 1. The second kappa shape index (κ2) is 5.48. The normalized spacial score (nSPS) is 13.5. The van der Waals surface area contributed by atoms with Gasteiger partial charge in [0.05, 0.1) is 12.2 Å². The number of hydrogen-bond acceptors (Lipinski definition) is 4. The van der Waals surface area contributed by atoms with Gasteiger partial charge in [0.15, 0.2) is 5.82 Å². The van der Waals surface area contributed by atoms with Crippen molar-refractivity contribution >= 4 is 5.91 Å². The van der Waals surface area contributed by atoms with E-state index in [1.54, 1.807) is 16.8 Å². The van der Waals surface area contributed by atoms with Gasteiger partial charge in [-0.3, -0.25) is 9.48 Å². The molecule has 0 bridgehead atoms. The lowest BCUT2D eigenvalue weighted by molar-refractivity contribution is 0.0924. The van der Waals surface area contributed by atoms with Crippen LogP contribution in [0.2, 0.25) is 0 Å². The number of halogens is 2. The molecule has 2 aromatic heterocycles. The van der Waals surface area contributed by atoms with Crippen molar-refractivity contribution in [3.05, 3.63) is 53.9 Å². The Kier molecular flexibility index (Phi) is 3.30. The lowest BCUT2D eigenvalue weighted by Gasteiger charge is -2.13. The van der Waals surface area contributed by atoms with Gasteiger partial charge in [-0.15, -0.1) is 0 Å². The molecular formula is C16H11F2N5O. The molecule has 0 saturated carbocycles. The molecular weight excluding hydrogens is 316 g/mol. The van der Waals surface area contributed by atoms with E-state index in [2.05, 4.69) is 20.4 Å². The number of amides is 1. The molecule has 0 unspecified atom stereocenters. The van der Waals surface area contributed by atoms with Gasteiger partial charge >= 0.3 is 0 Å². The van der Waals surface area contributed by atoms with Crippen molar-refractivity contribution in [2.24, 2.45) is 0 Å². The van der Waals surface area contributed by atoms with E-state index in [4.69, 9.17) is 0 Å². The Labute approximate surface area is 135 Å². The quantitative estimate of drug-likeness (QED) is 0.782. The Hall–Kier alpha value is -3.16. The third-order valence-corrected chi connectivity index (χ3v) is 3.66. The summed E-state index contributed by atoms with van der Waals surface area (Å²) in [5.74, 6) is -1.41. The first kappa shape index (κ1) is 14.4. The molecule has 6 nitrogen and oxygen atoms in total. The average Bonchev–Trinajstić information content (AvgIpc) is 3.00. The summed E-state index contributed by atoms with van der Waals surface area (Å²) in [6.07, 6.45) is 1.49. The maximum Gasteiger partial charge on any atom is 0.269 e.